The molecule has 0 aliphatic carbocycles. The summed E-state index contributed by atoms with van der Waals surface area (Å²) in [5.74, 6) is 1.24. The van der Waals surface area contributed by atoms with Crippen molar-refractivity contribution in [3.8, 4) is 5.69 Å². The summed E-state index contributed by atoms with van der Waals surface area (Å²) < 4.78 is 2.83. The van der Waals surface area contributed by atoms with Gasteiger partial charge in [0.25, 0.3) is 0 Å². The number of nitrogens with one attached hydrogen (secondary N) is 1. The second kappa shape index (κ2) is 8.36. The van der Waals surface area contributed by atoms with E-state index in [9.17, 15) is 4.79 Å². The van der Waals surface area contributed by atoms with Crippen LogP contribution in [-0.2, 0) is 10.5 Å². The number of amides is 1. The van der Waals surface area contributed by atoms with Crippen molar-refractivity contribution >= 4 is 39.3 Å². The topological polar surface area (TPSA) is 46.9 Å². The fraction of sp³-hybridized carbons (Fsp3) is 0.158. The minimum Gasteiger partial charge on any atom is -0.325 e. The Bertz CT molecular complexity index is 848. The van der Waals surface area contributed by atoms with E-state index in [1.807, 2.05) is 54.2 Å². The van der Waals surface area contributed by atoms with Gasteiger partial charge in [0.15, 0.2) is 0 Å². The first-order chi connectivity index (χ1) is 12.1. The Hall–Kier alpha value is -2.05. The monoisotopic (exact) mass is 415 g/mol. The molecule has 1 aromatic heterocycles. The molecule has 0 unspecified atom stereocenters. The van der Waals surface area contributed by atoms with Gasteiger partial charge in [-0.15, -0.1) is 11.8 Å². The van der Waals surface area contributed by atoms with E-state index in [-0.39, 0.29) is 5.91 Å². The molecular weight excluding hydrogens is 398 g/mol. The number of aryl methyl sites for hydroxylation is 1. The lowest BCUT2D eigenvalue weighted by atomic mass is 10.2. The van der Waals surface area contributed by atoms with Gasteiger partial charge in [0.2, 0.25) is 5.91 Å². The van der Waals surface area contributed by atoms with Crippen LogP contribution in [0.4, 0.5) is 5.69 Å². The third-order valence-corrected chi connectivity index (χ3v) is 5.17. The Morgan fingerprint density at radius 1 is 1.24 bits per heavy atom. The highest BCUT2D eigenvalue weighted by Crippen LogP contribution is 2.21. The van der Waals surface area contributed by atoms with Crippen molar-refractivity contribution in [2.75, 3.05) is 11.1 Å². The maximum atomic E-state index is 12.1. The van der Waals surface area contributed by atoms with Crippen molar-refractivity contribution in [1.29, 1.82) is 0 Å². The Labute approximate surface area is 159 Å². The first-order valence-electron chi connectivity index (χ1n) is 7.84. The number of hydrogen-bond acceptors (Lipinski definition) is 3. The van der Waals surface area contributed by atoms with Gasteiger partial charge in [0.05, 0.1) is 11.4 Å². The van der Waals surface area contributed by atoms with Crippen LogP contribution in [0.2, 0.25) is 0 Å². The molecule has 2 aromatic carbocycles. The summed E-state index contributed by atoms with van der Waals surface area (Å²) in [5, 5.41) is 7.17. The molecule has 0 fully saturated rings. The maximum Gasteiger partial charge on any atom is 0.234 e. The SMILES string of the molecule is Cc1cc(Br)ccc1NC(=O)CSCc1ccc(-n2cccn2)cc1. The molecule has 0 bridgehead atoms. The fourth-order valence-corrected chi connectivity index (χ4v) is 3.64. The molecule has 3 aromatic rings. The van der Waals surface area contributed by atoms with Crippen molar-refractivity contribution in [3.05, 3.63) is 76.5 Å². The van der Waals surface area contributed by atoms with Crippen molar-refractivity contribution in [2.45, 2.75) is 12.7 Å². The molecule has 0 aliphatic heterocycles. The fourth-order valence-electron chi connectivity index (χ4n) is 2.38. The number of carbonyl (C=O) groups excluding carboxylic acids is 1. The molecule has 1 N–H and O–H groups in total. The number of halogens is 1. The van der Waals surface area contributed by atoms with E-state index in [0.29, 0.717) is 5.75 Å². The number of rotatable bonds is 6. The highest BCUT2D eigenvalue weighted by molar-refractivity contribution is 9.10. The van der Waals surface area contributed by atoms with Gasteiger partial charge in [0, 0.05) is 28.3 Å². The number of carbonyl (C=O) groups is 1. The lowest BCUT2D eigenvalue weighted by Crippen LogP contribution is -2.14. The van der Waals surface area contributed by atoms with E-state index in [1.54, 1.807) is 18.0 Å². The predicted molar refractivity (Wildman–Crippen MR) is 107 cm³/mol. The minimum atomic E-state index is 0.0172. The molecule has 1 amide bonds. The Kier molecular flexibility index (Phi) is 5.94. The molecule has 3 rings (SSSR count). The molecule has 6 heteroatoms. The number of nitrogens with zero attached hydrogens (tertiary/aromatic N) is 2. The van der Waals surface area contributed by atoms with Crippen LogP contribution in [0.1, 0.15) is 11.1 Å². The van der Waals surface area contributed by atoms with Gasteiger partial charge in [-0.2, -0.15) is 5.10 Å². The van der Waals surface area contributed by atoms with Gasteiger partial charge in [-0.05, 0) is 54.4 Å². The first kappa shape index (κ1) is 17.8. The third-order valence-electron chi connectivity index (χ3n) is 3.67. The molecule has 0 saturated carbocycles. The van der Waals surface area contributed by atoms with Gasteiger partial charge in [-0.3, -0.25) is 4.79 Å². The molecule has 1 heterocycles. The quantitative estimate of drug-likeness (QED) is 0.627. The second-order valence-electron chi connectivity index (χ2n) is 5.62. The standard InChI is InChI=1S/C19H18BrN3OS/c1-14-11-16(20)5-8-18(14)22-19(24)13-25-12-15-3-6-17(7-4-15)23-10-2-9-21-23/h2-11H,12-13H2,1H3,(H,22,24). The number of hydrogen-bond donors (Lipinski definition) is 1. The third kappa shape index (κ3) is 4.96. The van der Waals surface area contributed by atoms with Crippen molar-refractivity contribution < 1.29 is 4.79 Å². The van der Waals surface area contributed by atoms with Crippen molar-refractivity contribution in [3.63, 3.8) is 0 Å². The van der Waals surface area contributed by atoms with Crippen LogP contribution >= 0.6 is 27.7 Å². The molecule has 0 saturated heterocycles. The summed E-state index contributed by atoms with van der Waals surface area (Å²) in [7, 11) is 0. The molecule has 0 atom stereocenters. The van der Waals surface area contributed by atoms with E-state index < -0.39 is 0 Å². The predicted octanol–water partition coefficient (Wildman–Crippen LogP) is 4.82. The van der Waals surface area contributed by atoms with Crippen LogP contribution in [0.3, 0.4) is 0 Å². The zero-order valence-electron chi connectivity index (χ0n) is 13.8. The molecular formula is C19H18BrN3OS. The summed E-state index contributed by atoms with van der Waals surface area (Å²) in [6.45, 7) is 1.98. The summed E-state index contributed by atoms with van der Waals surface area (Å²) >= 11 is 5.03. The summed E-state index contributed by atoms with van der Waals surface area (Å²) in [6.07, 6.45) is 3.67. The Balaban J connectivity index is 1.48. The van der Waals surface area contributed by atoms with Gasteiger partial charge in [0.1, 0.15) is 0 Å². The summed E-state index contributed by atoms with van der Waals surface area (Å²) in [4.78, 5) is 12.1. The average Bonchev–Trinajstić information content (AvgIpc) is 3.13. The van der Waals surface area contributed by atoms with Crippen molar-refractivity contribution in [1.82, 2.24) is 9.78 Å². The first-order valence-corrected chi connectivity index (χ1v) is 9.79. The molecule has 0 aliphatic rings. The summed E-state index contributed by atoms with van der Waals surface area (Å²) in [5.41, 5.74) is 4.12. The molecule has 0 spiro atoms. The summed E-state index contributed by atoms with van der Waals surface area (Å²) in [6, 6.07) is 15.9. The van der Waals surface area contributed by atoms with Gasteiger partial charge in [-0.25, -0.2) is 4.68 Å². The van der Waals surface area contributed by atoms with Crippen LogP contribution in [0.15, 0.2) is 65.4 Å². The lowest BCUT2D eigenvalue weighted by Gasteiger charge is -2.09. The van der Waals surface area contributed by atoms with Crippen molar-refractivity contribution in [2.24, 2.45) is 0 Å². The Morgan fingerprint density at radius 3 is 2.72 bits per heavy atom. The number of benzene rings is 2. The van der Waals surface area contributed by atoms with E-state index in [1.165, 1.54) is 5.56 Å². The second-order valence-corrected chi connectivity index (χ2v) is 7.52. The highest BCUT2D eigenvalue weighted by Gasteiger charge is 2.06. The normalized spacial score (nSPS) is 10.6. The van der Waals surface area contributed by atoms with E-state index >= 15 is 0 Å². The number of thioether (sulfide) groups is 1. The number of anilines is 1. The van der Waals surface area contributed by atoms with E-state index in [0.717, 1.165) is 27.2 Å². The van der Waals surface area contributed by atoms with Gasteiger partial charge < -0.3 is 5.32 Å². The van der Waals surface area contributed by atoms with Crippen LogP contribution in [0.25, 0.3) is 5.69 Å². The van der Waals surface area contributed by atoms with Gasteiger partial charge >= 0.3 is 0 Å². The van der Waals surface area contributed by atoms with Crippen LogP contribution in [-0.4, -0.2) is 21.4 Å². The molecule has 25 heavy (non-hydrogen) atoms. The average molecular weight is 416 g/mol. The van der Waals surface area contributed by atoms with Crippen LogP contribution < -0.4 is 5.32 Å². The number of aromatic nitrogens is 2. The lowest BCUT2D eigenvalue weighted by molar-refractivity contribution is -0.113. The van der Waals surface area contributed by atoms with Crippen LogP contribution in [0.5, 0.6) is 0 Å². The van der Waals surface area contributed by atoms with E-state index in [4.69, 9.17) is 0 Å². The Morgan fingerprint density at radius 2 is 2.04 bits per heavy atom. The maximum absolute atomic E-state index is 12.1. The highest BCUT2D eigenvalue weighted by atomic mass is 79.9. The molecule has 0 radical (unpaired) electrons. The van der Waals surface area contributed by atoms with Gasteiger partial charge in [-0.1, -0.05) is 28.1 Å². The van der Waals surface area contributed by atoms with Crippen LogP contribution in [0, 0.1) is 6.92 Å². The van der Waals surface area contributed by atoms with E-state index in [2.05, 4.69) is 38.5 Å². The zero-order valence-corrected chi connectivity index (χ0v) is 16.2. The zero-order chi connectivity index (χ0) is 17.6. The largest absolute Gasteiger partial charge is 0.325 e. The smallest absolute Gasteiger partial charge is 0.234 e. The minimum absolute atomic E-state index is 0.0172. The molecule has 128 valence electrons. The molecule has 4 nitrogen and oxygen atoms in total.